The van der Waals surface area contributed by atoms with Crippen molar-refractivity contribution in [3.05, 3.63) is 96.3 Å². The lowest BCUT2D eigenvalue weighted by Crippen LogP contribution is -2.12. The molecule has 0 unspecified atom stereocenters. The van der Waals surface area contributed by atoms with Crippen LogP contribution in [0.5, 0.6) is 5.75 Å². The van der Waals surface area contributed by atoms with Gasteiger partial charge in [0.2, 0.25) is 0 Å². The fraction of sp³-hybridized carbons (Fsp3) is 0.0400. The maximum Gasteiger partial charge on any atom is 0.261 e. The minimum Gasteiger partial charge on any atom is -0.497 e. The molecule has 0 bridgehead atoms. The maximum absolute atomic E-state index is 13.2. The molecule has 7 nitrogen and oxygen atoms in total. The van der Waals surface area contributed by atoms with Gasteiger partial charge in [0.15, 0.2) is 5.13 Å². The molecule has 162 valence electrons. The predicted octanol–water partition coefficient (Wildman–Crippen LogP) is 5.32. The predicted molar refractivity (Wildman–Crippen MR) is 129 cm³/mol. The van der Waals surface area contributed by atoms with Gasteiger partial charge in [0.1, 0.15) is 11.4 Å². The number of aromatic nitrogens is 4. The Labute approximate surface area is 194 Å². The van der Waals surface area contributed by atoms with E-state index >= 15 is 0 Å². The van der Waals surface area contributed by atoms with Crippen LogP contribution in [0.15, 0.2) is 90.7 Å². The monoisotopic (exact) mass is 453 g/mol. The van der Waals surface area contributed by atoms with Crippen molar-refractivity contribution in [3.8, 4) is 34.0 Å². The number of methoxy groups -OCH3 is 1. The number of hydrogen-bond donors (Lipinski definition) is 1. The molecule has 8 heteroatoms. The third kappa shape index (κ3) is 4.37. The number of carbonyl (C=O) groups excluding carboxylic acids is 1. The standard InChI is InChI=1S/C25H19N5O2S/c1-32-20-11-9-17(10-12-20)22-16-33-25(27-22)28-24(31)21-15-30(19-7-3-2-4-8-19)29-23(21)18-6-5-13-26-14-18/h2-16H,1H3,(H,27,28,31). The number of hydrogen-bond acceptors (Lipinski definition) is 6. The van der Waals surface area contributed by atoms with Gasteiger partial charge in [-0.05, 0) is 48.5 Å². The first-order valence-electron chi connectivity index (χ1n) is 10.2. The van der Waals surface area contributed by atoms with Gasteiger partial charge in [-0.2, -0.15) is 5.10 Å². The highest BCUT2D eigenvalue weighted by Gasteiger charge is 2.20. The summed E-state index contributed by atoms with van der Waals surface area (Å²) in [5.41, 5.74) is 4.34. The van der Waals surface area contributed by atoms with E-state index in [0.29, 0.717) is 16.4 Å². The number of thiazole rings is 1. The summed E-state index contributed by atoms with van der Waals surface area (Å²) in [6, 6.07) is 21.0. The van der Waals surface area contributed by atoms with Gasteiger partial charge in [-0.3, -0.25) is 15.1 Å². The van der Waals surface area contributed by atoms with Crippen molar-refractivity contribution in [3.63, 3.8) is 0 Å². The van der Waals surface area contributed by atoms with Crippen LogP contribution in [-0.4, -0.2) is 32.8 Å². The molecule has 5 aromatic rings. The maximum atomic E-state index is 13.2. The van der Waals surface area contributed by atoms with Gasteiger partial charge in [0.25, 0.3) is 5.91 Å². The molecule has 0 saturated carbocycles. The number of ether oxygens (including phenoxy) is 1. The highest BCUT2D eigenvalue weighted by molar-refractivity contribution is 7.14. The minimum atomic E-state index is -0.285. The summed E-state index contributed by atoms with van der Waals surface area (Å²) < 4.78 is 6.90. The van der Waals surface area contributed by atoms with Crippen LogP contribution in [0, 0.1) is 0 Å². The van der Waals surface area contributed by atoms with Crippen molar-refractivity contribution >= 4 is 22.4 Å². The molecule has 0 aliphatic carbocycles. The van der Waals surface area contributed by atoms with Gasteiger partial charge >= 0.3 is 0 Å². The zero-order chi connectivity index (χ0) is 22.6. The van der Waals surface area contributed by atoms with Crippen molar-refractivity contribution in [2.75, 3.05) is 12.4 Å². The highest BCUT2D eigenvalue weighted by atomic mass is 32.1. The summed E-state index contributed by atoms with van der Waals surface area (Å²) in [5, 5.41) is 10.0. The van der Waals surface area contributed by atoms with Crippen molar-refractivity contribution < 1.29 is 9.53 Å². The number of pyridine rings is 1. The second kappa shape index (κ2) is 9.05. The summed E-state index contributed by atoms with van der Waals surface area (Å²) in [6.07, 6.45) is 5.11. The molecule has 2 aromatic carbocycles. The Kier molecular flexibility index (Phi) is 5.65. The molecule has 0 aliphatic rings. The summed E-state index contributed by atoms with van der Waals surface area (Å²) in [4.78, 5) is 22.0. The number of amides is 1. The molecule has 3 heterocycles. The highest BCUT2D eigenvalue weighted by Crippen LogP contribution is 2.28. The first-order valence-corrected chi connectivity index (χ1v) is 11.1. The van der Waals surface area contributed by atoms with Gasteiger partial charge in [-0.1, -0.05) is 18.2 Å². The minimum absolute atomic E-state index is 0.285. The van der Waals surface area contributed by atoms with E-state index in [1.54, 1.807) is 30.4 Å². The topological polar surface area (TPSA) is 81.9 Å². The normalized spacial score (nSPS) is 10.7. The molecule has 0 aliphatic heterocycles. The van der Waals surface area contributed by atoms with E-state index in [1.807, 2.05) is 72.1 Å². The van der Waals surface area contributed by atoms with Crippen molar-refractivity contribution in [2.24, 2.45) is 0 Å². The molecule has 5 rings (SSSR count). The lowest BCUT2D eigenvalue weighted by molar-refractivity contribution is 0.102. The van der Waals surface area contributed by atoms with Crippen LogP contribution in [0.2, 0.25) is 0 Å². The third-order valence-corrected chi connectivity index (χ3v) is 5.78. The molecule has 1 amide bonds. The van der Waals surface area contributed by atoms with E-state index in [4.69, 9.17) is 4.74 Å². The van der Waals surface area contributed by atoms with Gasteiger partial charge in [0, 0.05) is 35.1 Å². The first-order chi connectivity index (χ1) is 16.2. The van der Waals surface area contributed by atoms with Crippen LogP contribution < -0.4 is 10.1 Å². The Balaban J connectivity index is 1.44. The number of benzene rings is 2. The lowest BCUT2D eigenvalue weighted by Gasteiger charge is -2.03. The lowest BCUT2D eigenvalue weighted by atomic mass is 10.1. The Bertz CT molecular complexity index is 1380. The molecular weight excluding hydrogens is 434 g/mol. The average Bonchev–Trinajstić information content (AvgIpc) is 3.53. The molecule has 0 fully saturated rings. The van der Waals surface area contributed by atoms with E-state index < -0.39 is 0 Å². The molecular formula is C25H19N5O2S. The van der Waals surface area contributed by atoms with Crippen molar-refractivity contribution in [1.82, 2.24) is 19.7 Å². The molecule has 1 N–H and O–H groups in total. The molecule has 0 saturated heterocycles. The molecule has 3 aromatic heterocycles. The van der Waals surface area contributed by atoms with Gasteiger partial charge in [0.05, 0.1) is 24.1 Å². The summed E-state index contributed by atoms with van der Waals surface area (Å²) in [7, 11) is 1.63. The average molecular weight is 454 g/mol. The van der Waals surface area contributed by atoms with E-state index in [0.717, 1.165) is 28.3 Å². The van der Waals surface area contributed by atoms with Gasteiger partial charge in [-0.15, -0.1) is 11.3 Å². The quantitative estimate of drug-likeness (QED) is 0.376. The Morgan fingerprint density at radius 2 is 1.82 bits per heavy atom. The number of nitrogens with zero attached hydrogens (tertiary/aromatic N) is 4. The van der Waals surface area contributed by atoms with E-state index in [-0.39, 0.29) is 5.91 Å². The molecule has 33 heavy (non-hydrogen) atoms. The van der Waals surface area contributed by atoms with Gasteiger partial charge in [-0.25, -0.2) is 9.67 Å². The molecule has 0 spiro atoms. The fourth-order valence-electron chi connectivity index (χ4n) is 3.36. The van der Waals surface area contributed by atoms with Crippen LogP contribution in [0.25, 0.3) is 28.2 Å². The largest absolute Gasteiger partial charge is 0.497 e. The van der Waals surface area contributed by atoms with Crippen molar-refractivity contribution in [2.45, 2.75) is 0 Å². The zero-order valence-corrected chi connectivity index (χ0v) is 18.5. The van der Waals surface area contributed by atoms with Crippen LogP contribution in [-0.2, 0) is 0 Å². The van der Waals surface area contributed by atoms with Gasteiger partial charge < -0.3 is 4.74 Å². The molecule has 0 atom stereocenters. The smallest absolute Gasteiger partial charge is 0.261 e. The van der Waals surface area contributed by atoms with Crippen LogP contribution in [0.3, 0.4) is 0 Å². The Morgan fingerprint density at radius 1 is 1.00 bits per heavy atom. The zero-order valence-electron chi connectivity index (χ0n) is 17.7. The Morgan fingerprint density at radius 3 is 2.55 bits per heavy atom. The summed E-state index contributed by atoms with van der Waals surface area (Å²) in [6.45, 7) is 0. The second-order valence-corrected chi connectivity index (χ2v) is 7.99. The first kappa shape index (κ1) is 20.6. The van der Waals surface area contributed by atoms with E-state index in [9.17, 15) is 4.79 Å². The second-order valence-electron chi connectivity index (χ2n) is 7.13. The van der Waals surface area contributed by atoms with E-state index in [2.05, 4.69) is 20.4 Å². The van der Waals surface area contributed by atoms with Crippen LogP contribution in [0.4, 0.5) is 5.13 Å². The van der Waals surface area contributed by atoms with E-state index in [1.165, 1.54) is 11.3 Å². The number of nitrogens with one attached hydrogen (secondary N) is 1. The van der Waals surface area contributed by atoms with Crippen molar-refractivity contribution in [1.29, 1.82) is 0 Å². The SMILES string of the molecule is COc1ccc(-c2csc(NC(=O)c3cn(-c4ccccc4)nc3-c3cccnc3)n2)cc1. The summed E-state index contributed by atoms with van der Waals surface area (Å²) in [5.74, 6) is 0.493. The number of para-hydroxylation sites is 1. The number of anilines is 1. The fourth-order valence-corrected chi connectivity index (χ4v) is 4.07. The molecule has 0 radical (unpaired) electrons. The Hall–Kier alpha value is -4.30. The number of rotatable bonds is 6. The number of carbonyl (C=O) groups is 1. The van der Waals surface area contributed by atoms with Crippen LogP contribution in [0.1, 0.15) is 10.4 Å². The summed E-state index contributed by atoms with van der Waals surface area (Å²) >= 11 is 1.37. The van der Waals surface area contributed by atoms with Crippen LogP contribution >= 0.6 is 11.3 Å². The third-order valence-electron chi connectivity index (χ3n) is 5.03.